The number of amidine groups is 2. The lowest BCUT2D eigenvalue weighted by Gasteiger charge is -2.02. The summed E-state index contributed by atoms with van der Waals surface area (Å²) in [5.41, 5.74) is 13.4. The van der Waals surface area contributed by atoms with Gasteiger partial charge in [-0.15, -0.1) is 18.8 Å². The van der Waals surface area contributed by atoms with Gasteiger partial charge < -0.3 is 11.5 Å². The second kappa shape index (κ2) is 7.02. The van der Waals surface area contributed by atoms with Crippen molar-refractivity contribution < 1.29 is 0 Å². The van der Waals surface area contributed by atoms with Crippen LogP contribution in [0.25, 0.3) is 0 Å². The normalized spacial score (nSPS) is 13.5. The maximum Gasteiger partial charge on any atom is 0.153 e. The number of nitrogens with two attached hydrogens (primary N) is 2. The Bertz CT molecular complexity index is 405. The van der Waals surface area contributed by atoms with Crippen molar-refractivity contribution in [3.05, 3.63) is 35.4 Å². The third kappa shape index (κ3) is 4.96. The monoisotopic (exact) mass is 250 g/mol. The Balaban J connectivity index is 2.73. The van der Waals surface area contributed by atoms with Crippen LogP contribution in [0.15, 0.2) is 34.5 Å². The van der Waals surface area contributed by atoms with E-state index in [1.165, 1.54) is 11.7 Å². The highest BCUT2D eigenvalue weighted by atomic mass is 31.1. The van der Waals surface area contributed by atoms with Crippen LogP contribution in [0, 0.1) is 0 Å². The Hall–Kier alpha value is -1.41. The van der Waals surface area contributed by atoms with Crippen molar-refractivity contribution in [1.29, 1.82) is 0 Å². The summed E-state index contributed by atoms with van der Waals surface area (Å²) in [7, 11) is 0.993. The largest absolute Gasteiger partial charge is 0.386 e. The van der Waals surface area contributed by atoms with E-state index in [0.29, 0.717) is 11.7 Å². The molecule has 1 aromatic carbocycles. The van der Waals surface area contributed by atoms with Crippen LogP contribution in [-0.2, 0) is 6.42 Å². The number of aryl methyl sites for hydroxylation is 1. The van der Waals surface area contributed by atoms with Gasteiger partial charge >= 0.3 is 0 Å². The zero-order valence-corrected chi connectivity index (χ0v) is 11.3. The maximum atomic E-state index is 5.78. The molecule has 0 aliphatic carbocycles. The molecule has 17 heavy (non-hydrogen) atoms. The van der Waals surface area contributed by atoms with Crippen LogP contribution in [0.5, 0.6) is 0 Å². The molecule has 0 aliphatic heterocycles. The number of benzene rings is 1. The van der Waals surface area contributed by atoms with Gasteiger partial charge in [-0.05, 0) is 31.7 Å². The molecule has 0 saturated heterocycles. The van der Waals surface area contributed by atoms with Crippen molar-refractivity contribution in [2.75, 3.05) is 12.8 Å². The van der Waals surface area contributed by atoms with Gasteiger partial charge in [0.2, 0.25) is 0 Å². The summed E-state index contributed by atoms with van der Waals surface area (Å²) in [5.74, 6) is 0.784. The summed E-state index contributed by atoms with van der Waals surface area (Å²) < 4.78 is 0. The Kier molecular flexibility index (Phi) is 5.64. The molecule has 5 heteroatoms. The summed E-state index contributed by atoms with van der Waals surface area (Å²) in [4.78, 5) is 0. The van der Waals surface area contributed by atoms with E-state index in [9.17, 15) is 0 Å². The molecule has 0 aromatic heterocycles. The Morgan fingerprint density at radius 1 is 1.18 bits per heavy atom. The fraction of sp³-hybridized carbons (Fsp3) is 0.333. The molecule has 0 radical (unpaired) electrons. The van der Waals surface area contributed by atoms with Crippen LogP contribution in [-0.4, -0.2) is 24.5 Å². The third-order valence-corrected chi connectivity index (χ3v) is 2.98. The fourth-order valence-electron chi connectivity index (χ4n) is 1.30. The lowest BCUT2D eigenvalue weighted by molar-refractivity contribution is 1.15. The lowest BCUT2D eigenvalue weighted by Crippen LogP contribution is -2.14. The second-order valence-corrected chi connectivity index (χ2v) is 4.98. The lowest BCUT2D eigenvalue weighted by atomic mass is 10.1. The van der Waals surface area contributed by atoms with Crippen molar-refractivity contribution in [1.82, 2.24) is 0 Å². The topological polar surface area (TPSA) is 76.8 Å². The Morgan fingerprint density at radius 3 is 2.35 bits per heavy atom. The third-order valence-electron chi connectivity index (χ3n) is 2.23. The van der Waals surface area contributed by atoms with Crippen LogP contribution >= 0.6 is 8.58 Å². The van der Waals surface area contributed by atoms with Gasteiger partial charge in [-0.25, -0.2) is 0 Å². The van der Waals surface area contributed by atoms with Gasteiger partial charge in [0.1, 0.15) is 5.84 Å². The highest BCUT2D eigenvalue weighted by Crippen LogP contribution is 2.10. The summed E-state index contributed by atoms with van der Waals surface area (Å²) in [6.45, 7) is 3.89. The van der Waals surface area contributed by atoms with Gasteiger partial charge in [0.15, 0.2) is 5.84 Å². The van der Waals surface area contributed by atoms with Crippen LogP contribution in [0.2, 0.25) is 0 Å². The maximum absolute atomic E-state index is 5.78. The molecular weight excluding hydrogens is 231 g/mol. The molecule has 0 aliphatic rings. The van der Waals surface area contributed by atoms with E-state index in [1.54, 1.807) is 6.92 Å². The minimum Gasteiger partial charge on any atom is -0.386 e. The first-order valence-corrected chi connectivity index (χ1v) is 7.21. The van der Waals surface area contributed by atoms with Gasteiger partial charge in [-0.1, -0.05) is 24.3 Å². The highest BCUT2D eigenvalue weighted by molar-refractivity contribution is 7.36. The number of hydrogen-bond acceptors (Lipinski definition) is 2. The molecule has 0 heterocycles. The Morgan fingerprint density at radius 2 is 1.82 bits per heavy atom. The van der Waals surface area contributed by atoms with E-state index < -0.39 is 0 Å². The molecule has 0 fully saturated rings. The minimum atomic E-state index is 0.388. The number of hydrogen-bond donors (Lipinski definition) is 2. The molecule has 92 valence electrons. The summed E-state index contributed by atoms with van der Waals surface area (Å²) in [5, 5.41) is 7.58. The smallest absolute Gasteiger partial charge is 0.153 e. The quantitative estimate of drug-likeness (QED) is 0.360. The SMILES string of the molecule is CPCCc1ccc(/C(N)=N/N=C(/C)N)cc1. The summed E-state index contributed by atoms with van der Waals surface area (Å²) in [6, 6.07) is 8.09. The van der Waals surface area contributed by atoms with E-state index in [2.05, 4.69) is 29.0 Å². The van der Waals surface area contributed by atoms with E-state index in [4.69, 9.17) is 11.5 Å². The van der Waals surface area contributed by atoms with E-state index in [0.717, 1.165) is 20.6 Å². The van der Waals surface area contributed by atoms with E-state index >= 15 is 0 Å². The van der Waals surface area contributed by atoms with Gasteiger partial charge in [-0.3, -0.25) is 0 Å². The molecule has 1 aromatic rings. The predicted octanol–water partition coefficient (Wildman–Crippen LogP) is 1.53. The van der Waals surface area contributed by atoms with E-state index in [-0.39, 0.29) is 0 Å². The van der Waals surface area contributed by atoms with E-state index in [1.807, 2.05) is 12.1 Å². The van der Waals surface area contributed by atoms with Crippen LogP contribution in [0.1, 0.15) is 18.1 Å². The van der Waals surface area contributed by atoms with Crippen LogP contribution in [0.4, 0.5) is 0 Å². The van der Waals surface area contributed by atoms with Gasteiger partial charge in [0.25, 0.3) is 0 Å². The van der Waals surface area contributed by atoms with Crippen molar-refractivity contribution in [3.8, 4) is 0 Å². The zero-order valence-electron chi connectivity index (χ0n) is 10.3. The predicted molar refractivity (Wildman–Crippen MR) is 77.3 cm³/mol. The Labute approximate surface area is 104 Å². The van der Waals surface area contributed by atoms with Crippen molar-refractivity contribution >= 4 is 20.3 Å². The molecular formula is C12H19N4P. The first-order chi connectivity index (χ1) is 8.13. The van der Waals surface area contributed by atoms with Gasteiger partial charge in [0.05, 0.1) is 0 Å². The van der Waals surface area contributed by atoms with Crippen molar-refractivity contribution in [3.63, 3.8) is 0 Å². The minimum absolute atomic E-state index is 0.388. The zero-order chi connectivity index (χ0) is 12.7. The molecule has 0 saturated carbocycles. The number of nitrogens with zero attached hydrogens (tertiary/aromatic N) is 2. The second-order valence-electron chi connectivity index (χ2n) is 3.78. The van der Waals surface area contributed by atoms with Crippen molar-refractivity contribution in [2.24, 2.45) is 21.7 Å². The molecule has 4 nitrogen and oxygen atoms in total. The van der Waals surface area contributed by atoms with Gasteiger partial charge in [-0.2, -0.15) is 0 Å². The molecule has 0 amide bonds. The average molecular weight is 250 g/mol. The first-order valence-electron chi connectivity index (χ1n) is 5.50. The molecule has 4 N–H and O–H groups in total. The molecule has 0 bridgehead atoms. The first kappa shape index (κ1) is 13.7. The standard InChI is InChI=1S/C12H19N4P/c1-9(13)15-16-12(14)11-5-3-10(4-6-11)7-8-17-2/h3-6,17H,7-8H2,1-2H3,(H2,13,15)(H2,14,16). The summed E-state index contributed by atoms with van der Waals surface area (Å²) >= 11 is 0. The van der Waals surface area contributed by atoms with Crippen LogP contribution < -0.4 is 11.5 Å². The summed E-state index contributed by atoms with van der Waals surface area (Å²) in [6.07, 6.45) is 2.35. The highest BCUT2D eigenvalue weighted by Gasteiger charge is 1.98. The van der Waals surface area contributed by atoms with Crippen molar-refractivity contribution in [2.45, 2.75) is 13.3 Å². The molecule has 1 atom stereocenters. The average Bonchev–Trinajstić information content (AvgIpc) is 2.34. The number of rotatable bonds is 5. The fourth-order valence-corrected chi connectivity index (χ4v) is 1.84. The van der Waals surface area contributed by atoms with Crippen LogP contribution in [0.3, 0.4) is 0 Å². The molecule has 1 unspecified atom stereocenters. The van der Waals surface area contributed by atoms with Gasteiger partial charge in [0, 0.05) is 5.56 Å². The molecule has 1 rings (SSSR count). The molecule has 0 spiro atoms.